The first kappa shape index (κ1) is 19.1. The fraction of sp³-hybridized carbons (Fsp3) is 0.700. The molecule has 144 valence electrons. The average molecular weight is 361 g/mol. The second kappa shape index (κ2) is 7.92. The molecule has 0 aromatic carbocycles. The Morgan fingerprint density at radius 3 is 2.31 bits per heavy atom. The molecule has 2 heterocycles. The van der Waals surface area contributed by atoms with E-state index in [1.807, 2.05) is 13.8 Å². The summed E-state index contributed by atoms with van der Waals surface area (Å²) in [5, 5.41) is 0. The summed E-state index contributed by atoms with van der Waals surface area (Å²) in [7, 11) is 1.36. The van der Waals surface area contributed by atoms with Crippen LogP contribution in [0, 0.1) is 13.8 Å². The average Bonchev–Trinajstić information content (AvgIpc) is 3.28. The maximum atomic E-state index is 13.0. The molecule has 1 aliphatic heterocycles. The van der Waals surface area contributed by atoms with E-state index in [1.165, 1.54) is 32.8 Å². The monoisotopic (exact) mass is 361 g/mol. The highest BCUT2D eigenvalue weighted by Gasteiger charge is 2.32. The zero-order valence-electron chi connectivity index (χ0n) is 16.4. The Balaban J connectivity index is 1.66. The van der Waals surface area contributed by atoms with Gasteiger partial charge >= 0.3 is 5.97 Å². The first-order chi connectivity index (χ1) is 12.4. The summed E-state index contributed by atoms with van der Waals surface area (Å²) >= 11 is 0. The van der Waals surface area contributed by atoms with Crippen LogP contribution < -0.4 is 0 Å². The van der Waals surface area contributed by atoms with Gasteiger partial charge in [0.15, 0.2) is 5.78 Å². The fourth-order valence-electron chi connectivity index (χ4n) is 4.54. The molecule has 0 amide bonds. The third-order valence-corrected chi connectivity index (χ3v) is 6.19. The van der Waals surface area contributed by atoms with Gasteiger partial charge in [0.2, 0.25) is 0 Å². The Bertz CT molecular complexity index is 668. The van der Waals surface area contributed by atoms with Crippen molar-refractivity contribution in [2.24, 2.45) is 0 Å². The van der Waals surface area contributed by atoms with Crippen LogP contribution in [0.1, 0.15) is 64.7 Å². The number of hydrogen-bond acceptors (Lipinski definition) is 5. The maximum Gasteiger partial charge on any atom is 0.339 e. The summed E-state index contributed by atoms with van der Waals surface area (Å²) < 4.78 is 4.84. The molecule has 6 heteroatoms. The Labute approximate surface area is 155 Å². The lowest BCUT2D eigenvalue weighted by atomic mass is 10.0. The lowest BCUT2D eigenvalue weighted by molar-refractivity contribution is 0.0598. The number of aryl methyl sites for hydroxylation is 1. The third kappa shape index (κ3) is 3.58. The number of ketones is 1. The van der Waals surface area contributed by atoms with Crippen molar-refractivity contribution in [3.8, 4) is 0 Å². The van der Waals surface area contributed by atoms with Gasteiger partial charge in [-0.1, -0.05) is 12.8 Å². The molecule has 1 atom stereocenters. The van der Waals surface area contributed by atoms with Crippen LogP contribution in [-0.4, -0.2) is 71.9 Å². The van der Waals surface area contributed by atoms with Gasteiger partial charge in [-0.25, -0.2) is 4.79 Å². The summed E-state index contributed by atoms with van der Waals surface area (Å²) in [4.78, 5) is 33.0. The van der Waals surface area contributed by atoms with Gasteiger partial charge in [-0.05, 0) is 39.2 Å². The van der Waals surface area contributed by atoms with E-state index in [-0.39, 0.29) is 11.8 Å². The van der Waals surface area contributed by atoms with Gasteiger partial charge in [-0.15, -0.1) is 0 Å². The molecule has 1 aliphatic carbocycles. The molecule has 1 saturated carbocycles. The van der Waals surface area contributed by atoms with Gasteiger partial charge in [-0.3, -0.25) is 14.6 Å². The van der Waals surface area contributed by atoms with E-state index in [0.29, 0.717) is 22.5 Å². The minimum Gasteiger partial charge on any atom is -0.465 e. The van der Waals surface area contributed by atoms with Crippen LogP contribution in [0.2, 0.25) is 0 Å². The number of carbonyl (C=O) groups is 2. The molecule has 0 spiro atoms. The van der Waals surface area contributed by atoms with E-state index in [4.69, 9.17) is 4.74 Å². The molecule has 1 N–H and O–H groups in total. The molecule has 0 radical (unpaired) electrons. The maximum absolute atomic E-state index is 13.0. The van der Waals surface area contributed by atoms with Gasteiger partial charge in [-0.2, -0.15) is 0 Å². The van der Waals surface area contributed by atoms with Crippen molar-refractivity contribution in [2.75, 3.05) is 33.3 Å². The van der Waals surface area contributed by atoms with Gasteiger partial charge in [0.1, 0.15) is 0 Å². The van der Waals surface area contributed by atoms with Gasteiger partial charge in [0.25, 0.3) is 0 Å². The molecule has 1 aromatic rings. The number of rotatable bonds is 5. The second-order valence-electron chi connectivity index (χ2n) is 7.67. The van der Waals surface area contributed by atoms with Crippen molar-refractivity contribution < 1.29 is 14.3 Å². The zero-order chi connectivity index (χ0) is 18.8. The number of piperazine rings is 1. The van der Waals surface area contributed by atoms with Crippen LogP contribution in [0.25, 0.3) is 0 Å². The normalized spacial score (nSPS) is 21.1. The van der Waals surface area contributed by atoms with Crippen LogP contribution in [-0.2, 0) is 4.74 Å². The fourth-order valence-corrected chi connectivity index (χ4v) is 4.54. The molecule has 3 rings (SSSR count). The first-order valence-electron chi connectivity index (χ1n) is 9.73. The lowest BCUT2D eigenvalue weighted by Gasteiger charge is -2.40. The van der Waals surface area contributed by atoms with Crippen LogP contribution in [0.3, 0.4) is 0 Å². The van der Waals surface area contributed by atoms with E-state index >= 15 is 0 Å². The minimum absolute atomic E-state index is 0.0510. The Hall–Kier alpha value is -1.66. The van der Waals surface area contributed by atoms with Crippen LogP contribution in [0.4, 0.5) is 0 Å². The predicted molar refractivity (Wildman–Crippen MR) is 101 cm³/mol. The quantitative estimate of drug-likeness (QED) is 0.645. The van der Waals surface area contributed by atoms with Crippen molar-refractivity contribution in [1.82, 2.24) is 14.8 Å². The van der Waals surface area contributed by atoms with Crippen molar-refractivity contribution >= 4 is 11.8 Å². The summed E-state index contributed by atoms with van der Waals surface area (Å²) in [5.74, 6) is -0.344. The molecular weight excluding hydrogens is 330 g/mol. The molecule has 0 bridgehead atoms. The van der Waals surface area contributed by atoms with Crippen LogP contribution in [0.15, 0.2) is 0 Å². The van der Waals surface area contributed by atoms with Crippen molar-refractivity contribution in [1.29, 1.82) is 0 Å². The number of nitrogens with zero attached hydrogens (tertiary/aromatic N) is 2. The number of hydrogen-bond donors (Lipinski definition) is 1. The van der Waals surface area contributed by atoms with E-state index in [0.717, 1.165) is 32.2 Å². The third-order valence-electron chi connectivity index (χ3n) is 6.19. The molecule has 6 nitrogen and oxygen atoms in total. The van der Waals surface area contributed by atoms with E-state index < -0.39 is 5.97 Å². The van der Waals surface area contributed by atoms with Gasteiger partial charge in [0.05, 0.1) is 24.4 Å². The van der Waals surface area contributed by atoms with Gasteiger partial charge < -0.3 is 9.72 Å². The first-order valence-corrected chi connectivity index (χ1v) is 9.73. The molecule has 26 heavy (non-hydrogen) atoms. The minimum atomic E-state index is -0.395. The number of H-pyrrole nitrogens is 1. The van der Waals surface area contributed by atoms with Crippen molar-refractivity contribution in [2.45, 2.75) is 58.5 Å². The van der Waals surface area contributed by atoms with E-state index in [1.54, 1.807) is 6.92 Å². The number of aromatic amines is 1. The topological polar surface area (TPSA) is 65.6 Å². The number of Topliss-reactive ketones (excluding diaryl/α,β-unsaturated/α-hetero) is 1. The van der Waals surface area contributed by atoms with Crippen molar-refractivity contribution in [3.05, 3.63) is 22.5 Å². The Morgan fingerprint density at radius 2 is 1.73 bits per heavy atom. The highest BCUT2D eigenvalue weighted by molar-refractivity contribution is 6.03. The predicted octanol–water partition coefficient (Wildman–Crippen LogP) is 2.55. The number of ether oxygens (including phenoxy) is 1. The molecule has 1 saturated heterocycles. The smallest absolute Gasteiger partial charge is 0.339 e. The summed E-state index contributed by atoms with van der Waals surface area (Å²) in [5.41, 5.74) is 2.40. The highest BCUT2D eigenvalue weighted by atomic mass is 16.5. The highest BCUT2D eigenvalue weighted by Crippen LogP contribution is 2.25. The molecule has 1 unspecified atom stereocenters. The van der Waals surface area contributed by atoms with E-state index in [9.17, 15) is 9.59 Å². The van der Waals surface area contributed by atoms with Crippen LogP contribution >= 0.6 is 0 Å². The van der Waals surface area contributed by atoms with E-state index in [2.05, 4.69) is 14.8 Å². The summed E-state index contributed by atoms with van der Waals surface area (Å²) in [6, 6.07) is 0.557. The van der Waals surface area contributed by atoms with Gasteiger partial charge in [0, 0.05) is 37.9 Å². The van der Waals surface area contributed by atoms with Crippen molar-refractivity contribution in [3.63, 3.8) is 0 Å². The molecular formula is C20H31N3O3. The van der Waals surface area contributed by atoms with Crippen LogP contribution in [0.5, 0.6) is 0 Å². The number of methoxy groups -OCH3 is 1. The Kier molecular flexibility index (Phi) is 5.82. The SMILES string of the molecule is COC(=O)c1c(C)[nH]c(C(=O)C(C)N2CCN(C3CCCC3)CC2)c1C. The number of aromatic nitrogens is 1. The molecule has 2 aliphatic rings. The largest absolute Gasteiger partial charge is 0.465 e. The molecule has 2 fully saturated rings. The summed E-state index contributed by atoms with van der Waals surface area (Å²) in [6.45, 7) is 9.52. The number of carbonyl (C=O) groups excluding carboxylic acids is 2. The molecule has 1 aromatic heterocycles. The summed E-state index contributed by atoms with van der Waals surface area (Å²) in [6.07, 6.45) is 5.36. The number of esters is 1. The second-order valence-corrected chi connectivity index (χ2v) is 7.67. The Morgan fingerprint density at radius 1 is 1.12 bits per heavy atom. The number of nitrogens with one attached hydrogen (secondary N) is 1. The standard InChI is InChI=1S/C20H31N3O3/c1-13-17(20(25)26-4)14(2)21-18(13)19(24)15(3)22-9-11-23(12-10-22)16-7-5-6-8-16/h15-16,21H,5-12H2,1-4H3. The lowest BCUT2D eigenvalue weighted by Crippen LogP contribution is -2.53. The zero-order valence-corrected chi connectivity index (χ0v) is 16.4.